The molecule has 2 N–H and O–H groups in total. The van der Waals surface area contributed by atoms with Crippen LogP contribution in [-0.2, 0) is 9.59 Å². The second kappa shape index (κ2) is 8.88. The van der Waals surface area contributed by atoms with Gasteiger partial charge in [-0.05, 0) is 0 Å². The van der Waals surface area contributed by atoms with Gasteiger partial charge in [-0.3, -0.25) is 0 Å². The summed E-state index contributed by atoms with van der Waals surface area (Å²) in [4.78, 5) is 21.5. The number of aliphatic carboxylic acids is 2. The van der Waals surface area contributed by atoms with Gasteiger partial charge in [0.15, 0.2) is 0 Å². The Hall–Kier alpha value is -2.29. The molecule has 0 saturated heterocycles. The molecule has 0 aliphatic heterocycles. The molecule has 2 aromatic carbocycles. The summed E-state index contributed by atoms with van der Waals surface area (Å²) in [7, 11) is 0. The third-order valence-electron chi connectivity index (χ3n) is 3.39. The number of carboxylic acid groups (broad SMARTS) is 2. The van der Waals surface area contributed by atoms with E-state index in [1.54, 1.807) is 12.1 Å². The summed E-state index contributed by atoms with van der Waals surface area (Å²) >= 11 is -0.607. The Morgan fingerprint density at radius 3 is 2.08 bits per heavy atom. The van der Waals surface area contributed by atoms with Crippen LogP contribution in [0.1, 0.15) is 16.7 Å². The minimum absolute atomic E-state index is 0.331. The fourth-order valence-corrected chi connectivity index (χ4v) is 5.14. The maximum absolute atomic E-state index is 10.9. The Morgan fingerprint density at radius 2 is 1.50 bits per heavy atom. The van der Waals surface area contributed by atoms with Crippen LogP contribution in [0.4, 0.5) is 0 Å². The van der Waals surface area contributed by atoms with Crippen molar-refractivity contribution in [1.29, 1.82) is 0 Å². The summed E-state index contributed by atoms with van der Waals surface area (Å²) in [5.74, 6) is -1.41. The Morgan fingerprint density at radius 1 is 0.923 bits per heavy atom. The van der Waals surface area contributed by atoms with E-state index in [0.29, 0.717) is 11.5 Å². The molecule has 0 saturated carbocycles. The van der Waals surface area contributed by atoms with Gasteiger partial charge < -0.3 is 0 Å². The predicted molar refractivity (Wildman–Crippen MR) is 90.8 cm³/mol. The van der Waals surface area contributed by atoms with E-state index in [1.807, 2.05) is 6.07 Å². The van der Waals surface area contributed by atoms with Crippen LogP contribution in [0.25, 0.3) is 0 Å². The molecule has 0 fully saturated rings. The molecule has 0 aromatic heterocycles. The molecular formula is C19H20IO6-. The van der Waals surface area contributed by atoms with Crippen LogP contribution in [0.2, 0.25) is 0 Å². The standard InChI is InChI=1S/C19H20IO6/c1-11-6-12(2)19(13(3)7-11)20-15-5-4-14(25-9-17(21)22)8-16(15)26-10-18(23)24/h4-8H,9-10H2,1-3H3,(H,21,22)(H,23,24)/q-1. The summed E-state index contributed by atoms with van der Waals surface area (Å²) in [5, 5.41) is 17.6. The Kier molecular flexibility index (Phi) is 6.84. The van der Waals surface area contributed by atoms with E-state index in [1.165, 1.54) is 20.3 Å². The zero-order valence-electron chi connectivity index (χ0n) is 14.7. The van der Waals surface area contributed by atoms with Gasteiger partial charge in [0.05, 0.1) is 0 Å². The second-order valence-electron chi connectivity index (χ2n) is 5.76. The number of halogens is 1. The van der Waals surface area contributed by atoms with Crippen molar-refractivity contribution < 1.29 is 50.5 Å². The fraction of sp³-hybridized carbons (Fsp3) is 0.263. The van der Waals surface area contributed by atoms with Crippen LogP contribution < -0.4 is 30.7 Å². The second-order valence-corrected chi connectivity index (χ2v) is 8.54. The number of benzene rings is 2. The molecule has 2 rings (SSSR count). The van der Waals surface area contributed by atoms with Crippen molar-refractivity contribution in [2.45, 2.75) is 20.8 Å². The number of rotatable bonds is 8. The van der Waals surface area contributed by atoms with Crippen molar-refractivity contribution in [1.82, 2.24) is 0 Å². The van der Waals surface area contributed by atoms with Gasteiger partial charge in [0.2, 0.25) is 0 Å². The van der Waals surface area contributed by atoms with Crippen LogP contribution in [0.15, 0.2) is 30.3 Å². The summed E-state index contributed by atoms with van der Waals surface area (Å²) in [6.07, 6.45) is 0. The van der Waals surface area contributed by atoms with Crippen molar-refractivity contribution in [2.75, 3.05) is 13.2 Å². The topological polar surface area (TPSA) is 93.1 Å². The van der Waals surface area contributed by atoms with E-state index in [-0.39, 0.29) is 0 Å². The van der Waals surface area contributed by atoms with Crippen LogP contribution in [0, 0.1) is 27.9 Å². The molecule has 0 radical (unpaired) electrons. The zero-order valence-corrected chi connectivity index (χ0v) is 16.9. The van der Waals surface area contributed by atoms with E-state index in [2.05, 4.69) is 32.9 Å². The van der Waals surface area contributed by atoms with Gasteiger partial charge in [0.25, 0.3) is 0 Å². The molecule has 26 heavy (non-hydrogen) atoms. The number of ether oxygens (including phenoxy) is 2. The van der Waals surface area contributed by atoms with Crippen LogP contribution >= 0.6 is 0 Å². The predicted octanol–water partition coefficient (Wildman–Crippen LogP) is -0.333. The van der Waals surface area contributed by atoms with Crippen molar-refractivity contribution in [3.63, 3.8) is 0 Å². The SMILES string of the molecule is Cc1cc(C)c([I-]c2ccc(OCC(=O)O)cc2OCC(=O)O)c(C)c1. The number of carbonyl (C=O) groups is 2. The van der Waals surface area contributed by atoms with Gasteiger partial charge in [-0.1, -0.05) is 0 Å². The molecule has 2 aromatic rings. The van der Waals surface area contributed by atoms with Crippen molar-refractivity contribution >= 4 is 11.9 Å². The van der Waals surface area contributed by atoms with Gasteiger partial charge in [-0.25, -0.2) is 0 Å². The molecule has 6 nitrogen and oxygen atoms in total. The molecule has 0 atom stereocenters. The van der Waals surface area contributed by atoms with E-state index in [4.69, 9.17) is 19.7 Å². The number of aryl methyl sites for hydroxylation is 3. The Labute approximate surface area is 162 Å². The molecule has 0 amide bonds. The molecule has 0 bridgehead atoms. The van der Waals surface area contributed by atoms with Gasteiger partial charge in [0.1, 0.15) is 0 Å². The third-order valence-corrected chi connectivity index (χ3v) is 7.11. The van der Waals surface area contributed by atoms with Gasteiger partial charge in [-0.2, -0.15) is 0 Å². The first-order chi connectivity index (χ1) is 12.3. The molecule has 0 unspecified atom stereocenters. The van der Waals surface area contributed by atoms with Crippen LogP contribution in [0.3, 0.4) is 0 Å². The van der Waals surface area contributed by atoms with Crippen molar-refractivity contribution in [2.24, 2.45) is 0 Å². The molecule has 0 aliphatic rings. The molecule has 7 heteroatoms. The summed E-state index contributed by atoms with van der Waals surface area (Å²) in [6, 6.07) is 9.32. The third kappa shape index (κ3) is 5.62. The first-order valence-electron chi connectivity index (χ1n) is 7.82. The van der Waals surface area contributed by atoms with Gasteiger partial charge in [-0.15, -0.1) is 0 Å². The summed E-state index contributed by atoms with van der Waals surface area (Å²) in [6.45, 7) is 5.25. The van der Waals surface area contributed by atoms with Gasteiger partial charge >= 0.3 is 162 Å². The first kappa shape index (κ1) is 20.0. The summed E-state index contributed by atoms with van der Waals surface area (Å²) < 4.78 is 12.8. The molecule has 0 spiro atoms. The molecule has 140 valence electrons. The quantitative estimate of drug-likeness (QED) is 0.513. The minimum atomic E-state index is -1.08. The molecular weight excluding hydrogens is 451 g/mol. The number of hydrogen-bond acceptors (Lipinski definition) is 4. The van der Waals surface area contributed by atoms with Gasteiger partial charge in [0, 0.05) is 0 Å². The van der Waals surface area contributed by atoms with E-state index < -0.39 is 46.4 Å². The van der Waals surface area contributed by atoms with Crippen molar-refractivity contribution in [3.8, 4) is 11.5 Å². The maximum atomic E-state index is 10.9. The van der Waals surface area contributed by atoms with Crippen LogP contribution in [-0.4, -0.2) is 35.4 Å². The van der Waals surface area contributed by atoms with E-state index in [0.717, 1.165) is 3.57 Å². The average Bonchev–Trinajstić information content (AvgIpc) is 2.55. The van der Waals surface area contributed by atoms with Crippen LogP contribution in [0.5, 0.6) is 11.5 Å². The Balaban J connectivity index is 2.33. The molecule has 0 aliphatic carbocycles. The average molecular weight is 471 g/mol. The zero-order chi connectivity index (χ0) is 19.3. The fourth-order valence-electron chi connectivity index (χ4n) is 2.46. The number of hydrogen-bond donors (Lipinski definition) is 2. The first-order valence-corrected chi connectivity index (χ1v) is 9.98. The monoisotopic (exact) mass is 471 g/mol. The Bertz CT molecular complexity index is 808. The number of carboxylic acids is 2. The van der Waals surface area contributed by atoms with E-state index in [9.17, 15) is 9.59 Å². The van der Waals surface area contributed by atoms with Crippen molar-refractivity contribution in [3.05, 3.63) is 54.2 Å². The summed E-state index contributed by atoms with van der Waals surface area (Å²) in [5.41, 5.74) is 3.60. The molecule has 0 heterocycles. The van der Waals surface area contributed by atoms with E-state index >= 15 is 0 Å². The normalized spacial score (nSPS) is 10.6.